The number of para-hydroxylation sites is 1. The smallest absolute Gasteiger partial charge is 0.319 e. The van der Waals surface area contributed by atoms with E-state index in [1.54, 1.807) is 16.7 Å². The van der Waals surface area contributed by atoms with Gasteiger partial charge in [0.25, 0.3) is 0 Å². The molecule has 3 rings (SSSR count). The van der Waals surface area contributed by atoms with Gasteiger partial charge in [0.2, 0.25) is 5.91 Å². The number of anilines is 2. The molecule has 1 aliphatic rings. The van der Waals surface area contributed by atoms with Crippen LogP contribution in [-0.2, 0) is 4.79 Å². The molecule has 3 amide bonds. The molecule has 0 spiro atoms. The van der Waals surface area contributed by atoms with Crippen molar-refractivity contribution >= 4 is 35.1 Å². The number of carbonyl (C=O) groups is 2. The highest BCUT2D eigenvalue weighted by atomic mass is 32.2. The van der Waals surface area contributed by atoms with Crippen molar-refractivity contribution in [2.24, 2.45) is 0 Å². The lowest BCUT2D eigenvalue weighted by Crippen LogP contribution is -2.39. The Hall–Kier alpha value is -2.67. The fourth-order valence-corrected chi connectivity index (χ4v) is 3.59. The molecule has 1 aliphatic heterocycles. The van der Waals surface area contributed by atoms with Gasteiger partial charge >= 0.3 is 6.03 Å². The van der Waals surface area contributed by atoms with Gasteiger partial charge in [-0.2, -0.15) is 0 Å². The molecule has 0 radical (unpaired) electrons. The van der Waals surface area contributed by atoms with Crippen LogP contribution in [0.2, 0.25) is 0 Å². The summed E-state index contributed by atoms with van der Waals surface area (Å²) in [6, 6.07) is 14.5. The van der Waals surface area contributed by atoms with Crippen LogP contribution in [0.15, 0.2) is 53.4 Å². The second-order valence-corrected chi connectivity index (χ2v) is 6.98. The molecule has 2 N–H and O–H groups in total. The minimum absolute atomic E-state index is 0.00558. The van der Waals surface area contributed by atoms with Gasteiger partial charge in [-0.15, -0.1) is 11.8 Å². The number of thioether (sulfide) groups is 1. The minimum Gasteiger partial charge on any atom is -0.494 e. The second kappa shape index (κ2) is 8.81. The summed E-state index contributed by atoms with van der Waals surface area (Å²) in [5.74, 6) is 0.767. The van der Waals surface area contributed by atoms with Gasteiger partial charge in [0.1, 0.15) is 5.75 Å². The molecule has 1 atom stereocenters. The SMILES string of the molecule is CCOc1ccc(N2C[C@@H](NC(=O)Nc3ccccc3SC)CC2=O)cc1. The van der Waals surface area contributed by atoms with Gasteiger partial charge in [-0.25, -0.2) is 4.79 Å². The van der Waals surface area contributed by atoms with E-state index in [2.05, 4.69) is 10.6 Å². The summed E-state index contributed by atoms with van der Waals surface area (Å²) in [6.07, 6.45) is 2.24. The lowest BCUT2D eigenvalue weighted by atomic mass is 10.2. The van der Waals surface area contributed by atoms with Gasteiger partial charge in [0.05, 0.1) is 18.3 Å². The van der Waals surface area contributed by atoms with Crippen molar-refractivity contribution in [3.8, 4) is 5.75 Å². The molecule has 142 valence electrons. The van der Waals surface area contributed by atoms with Gasteiger partial charge in [0, 0.05) is 23.5 Å². The molecule has 27 heavy (non-hydrogen) atoms. The van der Waals surface area contributed by atoms with Crippen LogP contribution in [0.3, 0.4) is 0 Å². The molecule has 7 heteroatoms. The topological polar surface area (TPSA) is 70.7 Å². The zero-order chi connectivity index (χ0) is 19.2. The lowest BCUT2D eigenvalue weighted by Gasteiger charge is -2.18. The molecule has 1 fully saturated rings. The van der Waals surface area contributed by atoms with E-state index in [1.807, 2.05) is 61.7 Å². The van der Waals surface area contributed by atoms with Gasteiger partial charge < -0.3 is 20.3 Å². The third-order valence-electron chi connectivity index (χ3n) is 4.27. The number of ether oxygens (including phenoxy) is 1. The van der Waals surface area contributed by atoms with Crippen LogP contribution in [0.1, 0.15) is 13.3 Å². The third kappa shape index (κ3) is 4.74. The highest BCUT2D eigenvalue weighted by Crippen LogP contribution is 2.26. The summed E-state index contributed by atoms with van der Waals surface area (Å²) in [6.45, 7) is 2.98. The Morgan fingerprint density at radius 2 is 1.96 bits per heavy atom. The molecular weight excluding hydrogens is 362 g/mol. The molecule has 0 unspecified atom stereocenters. The first kappa shape index (κ1) is 19.1. The van der Waals surface area contributed by atoms with Crippen molar-refractivity contribution in [3.63, 3.8) is 0 Å². The molecular formula is C20H23N3O3S. The highest BCUT2D eigenvalue weighted by molar-refractivity contribution is 7.98. The Kier molecular flexibility index (Phi) is 6.24. The van der Waals surface area contributed by atoms with Crippen molar-refractivity contribution < 1.29 is 14.3 Å². The molecule has 2 aromatic carbocycles. The van der Waals surface area contributed by atoms with Crippen molar-refractivity contribution in [1.29, 1.82) is 0 Å². The monoisotopic (exact) mass is 385 g/mol. The highest BCUT2D eigenvalue weighted by Gasteiger charge is 2.31. The first-order chi connectivity index (χ1) is 13.1. The Balaban J connectivity index is 1.59. The van der Waals surface area contributed by atoms with Crippen LogP contribution in [0, 0.1) is 0 Å². The van der Waals surface area contributed by atoms with Gasteiger partial charge in [-0.3, -0.25) is 4.79 Å². The Bertz CT molecular complexity index is 810. The summed E-state index contributed by atoms with van der Waals surface area (Å²) in [5.41, 5.74) is 1.57. The van der Waals surface area contributed by atoms with E-state index >= 15 is 0 Å². The molecule has 6 nitrogen and oxygen atoms in total. The summed E-state index contributed by atoms with van der Waals surface area (Å²) < 4.78 is 5.43. The number of rotatable bonds is 6. The normalized spacial score (nSPS) is 16.3. The van der Waals surface area contributed by atoms with E-state index in [-0.39, 0.29) is 24.4 Å². The second-order valence-electron chi connectivity index (χ2n) is 6.13. The summed E-state index contributed by atoms with van der Waals surface area (Å²) in [4.78, 5) is 27.4. The molecule has 0 aromatic heterocycles. The first-order valence-electron chi connectivity index (χ1n) is 8.84. The van der Waals surface area contributed by atoms with E-state index in [0.717, 1.165) is 22.0 Å². The van der Waals surface area contributed by atoms with E-state index in [4.69, 9.17) is 4.74 Å². The maximum absolute atomic E-state index is 12.4. The predicted molar refractivity (Wildman–Crippen MR) is 109 cm³/mol. The van der Waals surface area contributed by atoms with Gasteiger partial charge in [-0.1, -0.05) is 12.1 Å². The number of benzene rings is 2. The molecule has 0 bridgehead atoms. The van der Waals surface area contributed by atoms with Crippen LogP contribution in [0.25, 0.3) is 0 Å². The van der Waals surface area contributed by atoms with Gasteiger partial charge in [0.15, 0.2) is 0 Å². The van der Waals surface area contributed by atoms with Crippen molar-refractivity contribution in [2.75, 3.05) is 29.6 Å². The average molecular weight is 385 g/mol. The van der Waals surface area contributed by atoms with E-state index < -0.39 is 0 Å². The van der Waals surface area contributed by atoms with Gasteiger partial charge in [-0.05, 0) is 49.6 Å². The largest absolute Gasteiger partial charge is 0.494 e. The van der Waals surface area contributed by atoms with Crippen molar-refractivity contribution in [1.82, 2.24) is 5.32 Å². The summed E-state index contributed by atoms with van der Waals surface area (Å²) >= 11 is 1.57. The fraction of sp³-hybridized carbons (Fsp3) is 0.300. The Morgan fingerprint density at radius 1 is 1.22 bits per heavy atom. The van der Waals surface area contributed by atoms with E-state index in [1.165, 1.54) is 0 Å². The molecule has 0 aliphatic carbocycles. The van der Waals surface area contributed by atoms with Crippen LogP contribution < -0.4 is 20.3 Å². The van der Waals surface area contributed by atoms with Crippen molar-refractivity contribution in [2.45, 2.75) is 24.3 Å². The number of nitrogens with one attached hydrogen (secondary N) is 2. The fourth-order valence-electron chi connectivity index (χ4n) is 3.03. The quantitative estimate of drug-likeness (QED) is 0.743. The standard InChI is InChI=1S/C20H23N3O3S/c1-3-26-16-10-8-15(9-11-16)23-13-14(12-19(23)24)21-20(25)22-17-6-4-5-7-18(17)27-2/h4-11,14H,3,12-13H2,1-2H3,(H2,21,22,25)/t14-/m0/s1. The molecule has 0 saturated carbocycles. The van der Waals surface area contributed by atoms with E-state index in [9.17, 15) is 9.59 Å². The van der Waals surface area contributed by atoms with Crippen LogP contribution in [0.4, 0.5) is 16.2 Å². The number of nitrogens with zero attached hydrogens (tertiary/aromatic N) is 1. The third-order valence-corrected chi connectivity index (χ3v) is 5.07. The number of hydrogen-bond acceptors (Lipinski definition) is 4. The molecule has 2 aromatic rings. The minimum atomic E-state index is -0.303. The number of urea groups is 1. The van der Waals surface area contributed by atoms with E-state index in [0.29, 0.717) is 13.2 Å². The van der Waals surface area contributed by atoms with Crippen LogP contribution >= 0.6 is 11.8 Å². The predicted octanol–water partition coefficient (Wildman–Crippen LogP) is 3.73. The zero-order valence-electron chi connectivity index (χ0n) is 15.4. The number of hydrogen-bond donors (Lipinski definition) is 2. The molecule has 1 saturated heterocycles. The number of amides is 3. The summed E-state index contributed by atoms with van der Waals surface area (Å²) in [7, 11) is 0. The Labute approximate surface area is 163 Å². The first-order valence-corrected chi connectivity index (χ1v) is 10.1. The van der Waals surface area contributed by atoms with Crippen molar-refractivity contribution in [3.05, 3.63) is 48.5 Å². The number of carbonyl (C=O) groups excluding carboxylic acids is 2. The Morgan fingerprint density at radius 3 is 2.67 bits per heavy atom. The maximum Gasteiger partial charge on any atom is 0.319 e. The lowest BCUT2D eigenvalue weighted by molar-refractivity contribution is -0.117. The van der Waals surface area contributed by atoms with Crippen LogP contribution in [-0.4, -0.2) is 37.4 Å². The zero-order valence-corrected chi connectivity index (χ0v) is 16.2. The molecule has 1 heterocycles. The maximum atomic E-state index is 12.4. The average Bonchev–Trinajstić information content (AvgIpc) is 3.03. The summed E-state index contributed by atoms with van der Waals surface area (Å²) in [5, 5.41) is 5.76. The van der Waals surface area contributed by atoms with Crippen LogP contribution in [0.5, 0.6) is 5.75 Å².